The number of pyridine rings is 1. The zero-order chi connectivity index (χ0) is 22.3. The number of anilines is 2. The van der Waals surface area contributed by atoms with E-state index in [0.29, 0.717) is 28.8 Å². The van der Waals surface area contributed by atoms with Gasteiger partial charge >= 0.3 is 0 Å². The molecule has 2 heterocycles. The number of nitrogens with zero attached hydrogens (tertiary/aromatic N) is 3. The first-order chi connectivity index (χ1) is 15.7. The van der Waals surface area contributed by atoms with Crippen LogP contribution in [0.1, 0.15) is 36.6 Å². The Bertz CT molecular complexity index is 1030. The standard InChI is InChI=1S/C24H29N5O3/c1-3-4-9-26-23-22(14-28-24(25)29-23)31-15-18-12-20(21(30-2)13-27-18)32-19-10-16-7-5-6-8-17(16)11-19/h5-8,12-14,19H,3-4,9-11,15H2,1-2H3,(H3,25,26,28,29). The molecule has 0 saturated heterocycles. The van der Waals surface area contributed by atoms with Crippen molar-refractivity contribution in [3.63, 3.8) is 0 Å². The monoisotopic (exact) mass is 435 g/mol. The number of aromatic nitrogens is 3. The van der Waals surface area contributed by atoms with E-state index in [9.17, 15) is 0 Å². The zero-order valence-corrected chi connectivity index (χ0v) is 18.5. The van der Waals surface area contributed by atoms with E-state index < -0.39 is 0 Å². The second-order valence-electron chi connectivity index (χ2n) is 7.75. The molecule has 168 valence electrons. The first-order valence-corrected chi connectivity index (χ1v) is 10.9. The Balaban J connectivity index is 1.44. The van der Waals surface area contributed by atoms with Crippen molar-refractivity contribution in [1.29, 1.82) is 0 Å². The van der Waals surface area contributed by atoms with Crippen LogP contribution in [0.5, 0.6) is 17.2 Å². The Morgan fingerprint density at radius 1 is 1.06 bits per heavy atom. The van der Waals surface area contributed by atoms with Crippen LogP contribution in [-0.4, -0.2) is 34.7 Å². The normalized spacial score (nSPS) is 12.9. The van der Waals surface area contributed by atoms with Crippen LogP contribution in [0, 0.1) is 0 Å². The van der Waals surface area contributed by atoms with E-state index in [1.165, 1.54) is 11.1 Å². The van der Waals surface area contributed by atoms with Gasteiger partial charge in [0.2, 0.25) is 5.95 Å². The predicted octanol–water partition coefficient (Wildman–Crippen LogP) is 3.80. The molecule has 1 aromatic carbocycles. The van der Waals surface area contributed by atoms with E-state index >= 15 is 0 Å². The molecule has 0 atom stereocenters. The molecule has 1 aliphatic carbocycles. The number of hydrogen-bond acceptors (Lipinski definition) is 8. The minimum Gasteiger partial charge on any atom is -0.491 e. The summed E-state index contributed by atoms with van der Waals surface area (Å²) < 4.78 is 17.7. The number of nitrogens with one attached hydrogen (secondary N) is 1. The van der Waals surface area contributed by atoms with Crippen molar-refractivity contribution < 1.29 is 14.2 Å². The van der Waals surface area contributed by atoms with Gasteiger partial charge in [-0.15, -0.1) is 0 Å². The minimum atomic E-state index is 0.0670. The van der Waals surface area contributed by atoms with Gasteiger partial charge in [-0.1, -0.05) is 37.6 Å². The summed E-state index contributed by atoms with van der Waals surface area (Å²) >= 11 is 0. The molecular formula is C24H29N5O3. The van der Waals surface area contributed by atoms with Gasteiger partial charge in [0.05, 0.1) is 25.2 Å². The number of hydrogen-bond donors (Lipinski definition) is 2. The summed E-state index contributed by atoms with van der Waals surface area (Å²) in [4.78, 5) is 12.8. The van der Waals surface area contributed by atoms with Crippen LogP contribution in [0.25, 0.3) is 0 Å². The number of nitrogen functional groups attached to an aromatic ring is 1. The average Bonchev–Trinajstić information content (AvgIpc) is 3.21. The van der Waals surface area contributed by atoms with Crippen molar-refractivity contribution >= 4 is 11.8 Å². The van der Waals surface area contributed by atoms with Crippen molar-refractivity contribution in [2.45, 2.75) is 45.3 Å². The van der Waals surface area contributed by atoms with Crippen molar-refractivity contribution in [2.75, 3.05) is 24.7 Å². The number of benzene rings is 1. The van der Waals surface area contributed by atoms with Crippen molar-refractivity contribution in [2.24, 2.45) is 0 Å². The molecule has 0 aliphatic heterocycles. The van der Waals surface area contributed by atoms with Gasteiger partial charge in [0.15, 0.2) is 23.1 Å². The van der Waals surface area contributed by atoms with Crippen LogP contribution in [-0.2, 0) is 19.4 Å². The first kappa shape index (κ1) is 21.7. The Kier molecular flexibility index (Phi) is 6.89. The van der Waals surface area contributed by atoms with Gasteiger partial charge < -0.3 is 25.3 Å². The van der Waals surface area contributed by atoms with Gasteiger partial charge in [0.25, 0.3) is 0 Å². The highest BCUT2D eigenvalue weighted by Crippen LogP contribution is 2.32. The number of rotatable bonds is 10. The molecule has 3 aromatic rings. The Labute approximate surface area is 188 Å². The summed E-state index contributed by atoms with van der Waals surface area (Å²) in [6, 6.07) is 10.3. The second kappa shape index (κ2) is 10.2. The van der Waals surface area contributed by atoms with E-state index in [-0.39, 0.29) is 18.7 Å². The summed E-state index contributed by atoms with van der Waals surface area (Å²) in [6.45, 7) is 3.15. The van der Waals surface area contributed by atoms with Crippen LogP contribution >= 0.6 is 0 Å². The third-order valence-electron chi connectivity index (χ3n) is 5.39. The molecule has 1 aliphatic rings. The lowest BCUT2D eigenvalue weighted by atomic mass is 10.1. The highest BCUT2D eigenvalue weighted by molar-refractivity contribution is 5.51. The molecule has 0 saturated carbocycles. The number of unbranched alkanes of at least 4 members (excludes halogenated alkanes) is 1. The van der Waals surface area contributed by atoms with Crippen molar-refractivity contribution in [1.82, 2.24) is 15.0 Å². The van der Waals surface area contributed by atoms with Crippen LogP contribution in [0.2, 0.25) is 0 Å². The molecule has 0 unspecified atom stereocenters. The zero-order valence-electron chi connectivity index (χ0n) is 18.5. The summed E-state index contributed by atoms with van der Waals surface area (Å²) in [7, 11) is 1.61. The molecule has 8 nitrogen and oxygen atoms in total. The van der Waals surface area contributed by atoms with Crippen molar-refractivity contribution in [3.05, 3.63) is 59.5 Å². The predicted molar refractivity (Wildman–Crippen MR) is 123 cm³/mol. The number of methoxy groups -OCH3 is 1. The molecule has 0 fully saturated rings. The molecule has 32 heavy (non-hydrogen) atoms. The van der Waals surface area contributed by atoms with Crippen LogP contribution in [0.3, 0.4) is 0 Å². The molecule has 4 rings (SSSR count). The molecular weight excluding hydrogens is 406 g/mol. The van der Waals surface area contributed by atoms with E-state index in [2.05, 4.69) is 51.5 Å². The molecule has 3 N–H and O–H groups in total. The maximum absolute atomic E-state index is 6.30. The highest BCUT2D eigenvalue weighted by Gasteiger charge is 2.24. The highest BCUT2D eigenvalue weighted by atomic mass is 16.5. The van der Waals surface area contributed by atoms with E-state index in [1.807, 2.05) is 6.07 Å². The topological polar surface area (TPSA) is 104 Å². The molecule has 0 bridgehead atoms. The Morgan fingerprint density at radius 3 is 2.53 bits per heavy atom. The van der Waals surface area contributed by atoms with Crippen molar-refractivity contribution in [3.8, 4) is 17.2 Å². The molecule has 0 amide bonds. The number of fused-ring (bicyclic) bond motifs is 1. The number of nitrogens with two attached hydrogens (primary N) is 1. The third kappa shape index (κ3) is 5.19. The molecule has 2 aromatic heterocycles. The van der Waals surface area contributed by atoms with Crippen LogP contribution in [0.15, 0.2) is 42.7 Å². The lowest BCUT2D eigenvalue weighted by Crippen LogP contribution is -2.17. The van der Waals surface area contributed by atoms with Gasteiger partial charge in [0, 0.05) is 25.5 Å². The van der Waals surface area contributed by atoms with Gasteiger partial charge in [-0.05, 0) is 17.5 Å². The molecule has 0 radical (unpaired) electrons. The maximum Gasteiger partial charge on any atom is 0.222 e. The largest absolute Gasteiger partial charge is 0.491 e. The van der Waals surface area contributed by atoms with E-state index in [4.69, 9.17) is 19.9 Å². The SMILES string of the molecule is CCCCNc1nc(N)ncc1OCc1cc(OC2Cc3ccccc3C2)c(OC)cn1. The fraction of sp³-hybridized carbons (Fsp3) is 0.375. The van der Waals surface area contributed by atoms with Gasteiger partial charge in [-0.3, -0.25) is 4.98 Å². The first-order valence-electron chi connectivity index (χ1n) is 10.9. The molecule has 8 heteroatoms. The molecule has 0 spiro atoms. The van der Waals surface area contributed by atoms with E-state index in [1.54, 1.807) is 19.5 Å². The summed E-state index contributed by atoms with van der Waals surface area (Å²) in [5.41, 5.74) is 9.12. The summed E-state index contributed by atoms with van der Waals surface area (Å²) in [5.74, 6) is 2.57. The summed E-state index contributed by atoms with van der Waals surface area (Å²) in [5, 5.41) is 3.26. The van der Waals surface area contributed by atoms with Crippen LogP contribution in [0.4, 0.5) is 11.8 Å². The quantitative estimate of drug-likeness (QED) is 0.464. The maximum atomic E-state index is 6.30. The number of ether oxygens (including phenoxy) is 3. The fourth-order valence-electron chi connectivity index (χ4n) is 3.72. The Hall–Kier alpha value is -3.55. The average molecular weight is 436 g/mol. The van der Waals surface area contributed by atoms with E-state index in [0.717, 1.165) is 32.2 Å². The van der Waals surface area contributed by atoms with Gasteiger partial charge in [0.1, 0.15) is 12.7 Å². The van der Waals surface area contributed by atoms with Gasteiger partial charge in [-0.2, -0.15) is 4.98 Å². The minimum absolute atomic E-state index is 0.0670. The second-order valence-corrected chi connectivity index (χ2v) is 7.75. The van der Waals surface area contributed by atoms with Gasteiger partial charge in [-0.25, -0.2) is 4.98 Å². The fourth-order valence-corrected chi connectivity index (χ4v) is 3.72. The Morgan fingerprint density at radius 2 is 1.81 bits per heavy atom. The lowest BCUT2D eigenvalue weighted by molar-refractivity contribution is 0.203. The lowest BCUT2D eigenvalue weighted by Gasteiger charge is -2.17. The third-order valence-corrected chi connectivity index (χ3v) is 5.39. The summed E-state index contributed by atoms with van der Waals surface area (Å²) in [6.07, 6.45) is 7.16. The smallest absolute Gasteiger partial charge is 0.222 e. The van der Waals surface area contributed by atoms with Crippen LogP contribution < -0.4 is 25.3 Å².